The second-order valence-electron chi connectivity index (χ2n) is 4.63. The van der Waals surface area contributed by atoms with Crippen molar-refractivity contribution in [3.8, 4) is 0 Å². The van der Waals surface area contributed by atoms with Gasteiger partial charge in [-0.05, 0) is 41.8 Å². The number of carbonyl (C=O) groups excluding carboxylic acids is 1. The van der Waals surface area contributed by atoms with Gasteiger partial charge in [-0.15, -0.1) is 10.2 Å². The van der Waals surface area contributed by atoms with Crippen molar-refractivity contribution in [3.63, 3.8) is 0 Å². The summed E-state index contributed by atoms with van der Waals surface area (Å²) in [6.45, 7) is 4.24. The van der Waals surface area contributed by atoms with Gasteiger partial charge in [0.1, 0.15) is 0 Å². The molecular weight excluding hydrogens is 306 g/mol. The number of carbonyl (C=O) groups is 1. The fourth-order valence-corrected chi connectivity index (χ4v) is 2.98. The Morgan fingerprint density at radius 1 is 1.10 bits per heavy atom. The van der Waals surface area contributed by atoms with Crippen LogP contribution in [0.3, 0.4) is 0 Å². The molecule has 1 aliphatic rings. The summed E-state index contributed by atoms with van der Waals surface area (Å²) in [7, 11) is 0. The van der Waals surface area contributed by atoms with Crippen LogP contribution in [0.2, 0.25) is 0 Å². The van der Waals surface area contributed by atoms with E-state index < -0.39 is 0 Å². The largest absolute Gasteiger partial charge is 0.295 e. The van der Waals surface area contributed by atoms with Crippen LogP contribution in [0.25, 0.3) is 12.2 Å². The standard InChI is InChI=1S/C13H13N5OS2/c1-2-18-5-9(3-11-7-20-16-14-11)13(19)10(6-18)4-12-8-21-17-15-12/h3-4,7-8H,2,5-6H2,1H3/b9-3-,10-4+. The van der Waals surface area contributed by atoms with E-state index in [-0.39, 0.29) is 5.78 Å². The maximum absolute atomic E-state index is 12.6. The van der Waals surface area contributed by atoms with Crippen LogP contribution in [0.15, 0.2) is 21.9 Å². The molecule has 3 heterocycles. The molecule has 0 aliphatic carbocycles. The second kappa shape index (κ2) is 6.33. The zero-order valence-corrected chi connectivity index (χ0v) is 13.0. The topological polar surface area (TPSA) is 71.9 Å². The monoisotopic (exact) mass is 319 g/mol. The Morgan fingerprint density at radius 2 is 1.62 bits per heavy atom. The molecule has 0 spiro atoms. The first-order valence-corrected chi connectivity index (χ1v) is 8.16. The van der Waals surface area contributed by atoms with Crippen molar-refractivity contribution in [2.45, 2.75) is 6.92 Å². The lowest BCUT2D eigenvalue weighted by Gasteiger charge is -2.28. The lowest BCUT2D eigenvalue weighted by Crippen LogP contribution is -2.37. The molecule has 6 nitrogen and oxygen atoms in total. The third-order valence-corrected chi connectivity index (χ3v) is 4.26. The minimum Gasteiger partial charge on any atom is -0.295 e. The minimum atomic E-state index is 0.0562. The van der Waals surface area contributed by atoms with Gasteiger partial charge in [-0.2, -0.15) is 0 Å². The molecule has 3 rings (SSSR count). The Labute approximate surface area is 130 Å². The Balaban J connectivity index is 1.93. The van der Waals surface area contributed by atoms with Crippen LogP contribution in [-0.4, -0.2) is 49.5 Å². The highest BCUT2D eigenvalue weighted by Gasteiger charge is 2.25. The maximum atomic E-state index is 12.6. The summed E-state index contributed by atoms with van der Waals surface area (Å²) in [6, 6.07) is 0. The molecule has 0 aromatic carbocycles. The molecule has 0 saturated carbocycles. The van der Waals surface area contributed by atoms with E-state index in [4.69, 9.17) is 0 Å². The number of likely N-dealkylation sites (N-methyl/N-ethyl adjacent to an activating group) is 1. The Hall–Kier alpha value is -1.77. The average molecular weight is 319 g/mol. The number of nitrogens with zero attached hydrogens (tertiary/aromatic N) is 5. The highest BCUT2D eigenvalue weighted by atomic mass is 32.1. The predicted molar refractivity (Wildman–Crippen MR) is 82.9 cm³/mol. The van der Waals surface area contributed by atoms with E-state index in [0.29, 0.717) is 13.1 Å². The van der Waals surface area contributed by atoms with E-state index in [1.165, 1.54) is 23.1 Å². The van der Waals surface area contributed by atoms with E-state index in [9.17, 15) is 4.79 Å². The van der Waals surface area contributed by atoms with E-state index in [2.05, 4.69) is 31.0 Å². The molecule has 0 N–H and O–H groups in total. The summed E-state index contributed by atoms with van der Waals surface area (Å²) in [5, 5.41) is 11.6. The molecule has 0 radical (unpaired) electrons. The lowest BCUT2D eigenvalue weighted by atomic mass is 9.96. The molecule has 1 fully saturated rings. The number of hydrogen-bond acceptors (Lipinski definition) is 8. The first kappa shape index (κ1) is 14.2. The molecule has 0 atom stereocenters. The van der Waals surface area contributed by atoms with Crippen molar-refractivity contribution in [3.05, 3.63) is 33.3 Å². The number of hydrogen-bond donors (Lipinski definition) is 0. The van der Waals surface area contributed by atoms with Crippen LogP contribution in [0.5, 0.6) is 0 Å². The number of rotatable bonds is 3. The molecule has 0 amide bonds. The minimum absolute atomic E-state index is 0.0562. The smallest absolute Gasteiger partial charge is 0.187 e. The molecule has 1 saturated heterocycles. The van der Waals surface area contributed by atoms with Crippen molar-refractivity contribution in [2.75, 3.05) is 19.6 Å². The van der Waals surface area contributed by atoms with Crippen LogP contribution < -0.4 is 0 Å². The number of ketones is 1. The number of aromatic nitrogens is 4. The normalized spacial score (nSPS) is 20.5. The maximum Gasteiger partial charge on any atom is 0.187 e. The van der Waals surface area contributed by atoms with Gasteiger partial charge in [0.2, 0.25) is 0 Å². The van der Waals surface area contributed by atoms with Crippen molar-refractivity contribution < 1.29 is 4.79 Å². The highest BCUT2D eigenvalue weighted by molar-refractivity contribution is 7.03. The van der Waals surface area contributed by atoms with E-state index >= 15 is 0 Å². The molecule has 2 aromatic heterocycles. The molecule has 21 heavy (non-hydrogen) atoms. The Kier molecular flexibility index (Phi) is 4.28. The van der Waals surface area contributed by atoms with Gasteiger partial charge in [0, 0.05) is 35.0 Å². The molecule has 0 bridgehead atoms. The lowest BCUT2D eigenvalue weighted by molar-refractivity contribution is -0.113. The Bertz CT molecular complexity index is 619. The van der Waals surface area contributed by atoms with Crippen LogP contribution >= 0.6 is 23.1 Å². The average Bonchev–Trinajstić information content (AvgIpc) is 3.16. The first-order chi connectivity index (χ1) is 10.3. The van der Waals surface area contributed by atoms with Gasteiger partial charge >= 0.3 is 0 Å². The zero-order valence-electron chi connectivity index (χ0n) is 11.4. The molecule has 0 unspecified atom stereocenters. The molecule has 2 aromatic rings. The number of Topliss-reactive ketones (excluding diaryl/α,β-unsaturated/α-hetero) is 1. The van der Waals surface area contributed by atoms with Gasteiger partial charge in [0.05, 0.1) is 11.4 Å². The number of piperidine rings is 1. The summed E-state index contributed by atoms with van der Waals surface area (Å²) in [5.74, 6) is 0.0562. The van der Waals surface area contributed by atoms with E-state index in [1.54, 1.807) is 0 Å². The summed E-state index contributed by atoms with van der Waals surface area (Å²) >= 11 is 2.56. The fourth-order valence-electron chi connectivity index (χ4n) is 2.16. The highest BCUT2D eigenvalue weighted by Crippen LogP contribution is 2.21. The second-order valence-corrected chi connectivity index (χ2v) is 5.85. The van der Waals surface area contributed by atoms with Gasteiger partial charge in [-0.1, -0.05) is 15.9 Å². The van der Waals surface area contributed by atoms with Crippen molar-refractivity contribution >= 4 is 41.0 Å². The zero-order chi connectivity index (χ0) is 14.7. The van der Waals surface area contributed by atoms with E-state index in [0.717, 1.165) is 29.1 Å². The van der Waals surface area contributed by atoms with Gasteiger partial charge in [-0.3, -0.25) is 9.69 Å². The summed E-state index contributed by atoms with van der Waals surface area (Å²) in [5.41, 5.74) is 2.95. The van der Waals surface area contributed by atoms with E-state index in [1.807, 2.05) is 22.9 Å². The van der Waals surface area contributed by atoms with Crippen molar-refractivity contribution in [1.82, 2.24) is 24.1 Å². The molecule has 8 heteroatoms. The SMILES string of the molecule is CCN1C/C(=C/c2csnn2)C(=O)/C(=C/c2csnn2)C1. The quantitative estimate of drug-likeness (QED) is 0.803. The van der Waals surface area contributed by atoms with Crippen LogP contribution in [0.4, 0.5) is 0 Å². The third-order valence-electron chi connectivity index (χ3n) is 3.22. The molecule has 1 aliphatic heterocycles. The summed E-state index contributed by atoms with van der Waals surface area (Å²) < 4.78 is 7.64. The van der Waals surface area contributed by atoms with Crippen molar-refractivity contribution in [2.24, 2.45) is 0 Å². The van der Waals surface area contributed by atoms with Gasteiger partial charge < -0.3 is 0 Å². The predicted octanol–water partition coefficient (Wildman–Crippen LogP) is 1.76. The molecule has 108 valence electrons. The Morgan fingerprint density at radius 3 is 2.00 bits per heavy atom. The van der Waals surface area contributed by atoms with Crippen LogP contribution in [0.1, 0.15) is 18.3 Å². The third kappa shape index (κ3) is 3.29. The summed E-state index contributed by atoms with van der Waals surface area (Å²) in [4.78, 5) is 14.8. The van der Waals surface area contributed by atoms with Gasteiger partial charge in [0.15, 0.2) is 5.78 Å². The molecular formula is C13H13N5OS2. The summed E-state index contributed by atoms with van der Waals surface area (Å²) in [6.07, 6.45) is 3.64. The van der Waals surface area contributed by atoms with Gasteiger partial charge in [-0.25, -0.2) is 0 Å². The van der Waals surface area contributed by atoms with Crippen LogP contribution in [-0.2, 0) is 4.79 Å². The number of likely N-dealkylation sites (tertiary alicyclic amines) is 1. The van der Waals surface area contributed by atoms with Gasteiger partial charge in [0.25, 0.3) is 0 Å². The van der Waals surface area contributed by atoms with Crippen LogP contribution in [0, 0.1) is 0 Å². The fraction of sp³-hybridized carbons (Fsp3) is 0.308. The van der Waals surface area contributed by atoms with Crippen molar-refractivity contribution in [1.29, 1.82) is 0 Å². The first-order valence-electron chi connectivity index (χ1n) is 6.48.